The lowest BCUT2D eigenvalue weighted by molar-refractivity contribution is -0.384. The van der Waals surface area contributed by atoms with E-state index in [1.807, 2.05) is 30.3 Å². The van der Waals surface area contributed by atoms with Crippen LogP contribution < -0.4 is 21.1 Å². The van der Waals surface area contributed by atoms with E-state index in [2.05, 4.69) is 15.4 Å². The lowest BCUT2D eigenvalue weighted by atomic mass is 10.0. The van der Waals surface area contributed by atoms with Gasteiger partial charge in [0.25, 0.3) is 5.69 Å². The first-order valence-electron chi connectivity index (χ1n) is 14.3. The standard InChI is InChI=1S/C31H36N6O8S/c32-29(33)24-14-12-22(13-15-24)19-34-30(40)26(16-17-28(38)39)35-31(41)27(11-5-8-21-6-2-1-3-7-21)36-46(44,45)20-23-9-4-10-25(18-23)37(42)43/h1-4,6-7,9-10,12-15,18,26-27,36H,5,8,11,16-17,19-20H2,(H3,32,33)(H,34,40)(H,35,41)(H,38,39)/t26-,27+/m0/s1. The van der Waals surface area contributed by atoms with E-state index < -0.39 is 57.0 Å². The molecule has 46 heavy (non-hydrogen) atoms. The SMILES string of the molecule is N=C(N)c1ccc(CNC(=O)[C@H](CCC(=O)O)NC(=O)[C@@H](CCCc2ccccc2)NS(=O)(=O)Cc2cccc([N+](=O)[O-])c2)cc1. The van der Waals surface area contributed by atoms with Gasteiger partial charge >= 0.3 is 5.97 Å². The molecule has 0 aliphatic carbocycles. The van der Waals surface area contributed by atoms with Gasteiger partial charge in [-0.15, -0.1) is 0 Å². The van der Waals surface area contributed by atoms with Crippen LogP contribution in [-0.2, 0) is 43.1 Å². The maximum Gasteiger partial charge on any atom is 0.303 e. The molecular formula is C31H36N6O8S. The highest BCUT2D eigenvalue weighted by Gasteiger charge is 2.29. The van der Waals surface area contributed by atoms with Crippen molar-refractivity contribution in [2.75, 3.05) is 0 Å². The summed E-state index contributed by atoms with van der Waals surface area (Å²) in [6.07, 6.45) is 0.271. The molecule has 0 bridgehead atoms. The average molecular weight is 653 g/mol. The summed E-state index contributed by atoms with van der Waals surface area (Å²) >= 11 is 0. The fourth-order valence-corrected chi connectivity index (χ4v) is 5.92. The van der Waals surface area contributed by atoms with Crippen molar-refractivity contribution in [2.45, 2.75) is 56.5 Å². The Hall–Kier alpha value is -5.15. The van der Waals surface area contributed by atoms with E-state index in [0.717, 1.165) is 11.6 Å². The highest BCUT2D eigenvalue weighted by molar-refractivity contribution is 7.88. The third kappa shape index (κ3) is 11.7. The number of sulfonamides is 1. The zero-order valence-corrected chi connectivity index (χ0v) is 25.7. The number of aryl methyl sites for hydroxylation is 1. The van der Waals surface area contributed by atoms with Crippen molar-refractivity contribution < 1.29 is 32.8 Å². The highest BCUT2D eigenvalue weighted by atomic mass is 32.2. The van der Waals surface area contributed by atoms with Crippen LogP contribution in [-0.4, -0.2) is 54.2 Å². The molecule has 2 atom stereocenters. The molecule has 3 aromatic carbocycles. The van der Waals surface area contributed by atoms with E-state index in [9.17, 15) is 38.0 Å². The summed E-state index contributed by atoms with van der Waals surface area (Å²) in [4.78, 5) is 48.4. The number of amides is 2. The number of aliphatic carboxylic acids is 1. The van der Waals surface area contributed by atoms with E-state index >= 15 is 0 Å². The fourth-order valence-electron chi connectivity index (χ4n) is 4.56. The summed E-state index contributed by atoms with van der Waals surface area (Å²) in [6, 6.07) is 18.4. The van der Waals surface area contributed by atoms with Crippen molar-refractivity contribution in [2.24, 2.45) is 5.73 Å². The summed E-state index contributed by atoms with van der Waals surface area (Å²) in [6.45, 7) is 0.0345. The van der Waals surface area contributed by atoms with Gasteiger partial charge in [0.15, 0.2) is 0 Å². The number of amidine groups is 1. The number of carboxylic acids is 1. The quantitative estimate of drug-likeness (QED) is 0.0511. The van der Waals surface area contributed by atoms with Crippen molar-refractivity contribution in [3.05, 3.63) is 111 Å². The van der Waals surface area contributed by atoms with Gasteiger partial charge in [0.05, 0.1) is 10.7 Å². The predicted octanol–water partition coefficient (Wildman–Crippen LogP) is 2.36. The Labute approximate surface area is 266 Å². The Kier molecular flexibility index (Phi) is 12.9. The van der Waals surface area contributed by atoms with Crippen LogP contribution in [0.15, 0.2) is 78.9 Å². The van der Waals surface area contributed by atoms with Crippen LogP contribution in [0, 0.1) is 15.5 Å². The van der Waals surface area contributed by atoms with Crippen LogP contribution in [0.25, 0.3) is 0 Å². The number of non-ortho nitro benzene ring substituents is 1. The number of hydrogen-bond donors (Lipinski definition) is 6. The Morgan fingerprint density at radius 1 is 0.891 bits per heavy atom. The summed E-state index contributed by atoms with van der Waals surface area (Å²) in [7, 11) is -4.21. The zero-order valence-electron chi connectivity index (χ0n) is 24.8. The molecule has 7 N–H and O–H groups in total. The van der Waals surface area contributed by atoms with Crippen LogP contribution in [0.2, 0.25) is 0 Å². The van der Waals surface area contributed by atoms with Gasteiger partial charge in [-0.25, -0.2) is 13.1 Å². The fraction of sp³-hybridized carbons (Fsp3) is 0.290. The number of nitrogens with one attached hydrogen (secondary N) is 4. The Morgan fingerprint density at radius 3 is 2.20 bits per heavy atom. The molecule has 15 heteroatoms. The maximum absolute atomic E-state index is 13.5. The summed E-state index contributed by atoms with van der Waals surface area (Å²) in [5.41, 5.74) is 7.44. The van der Waals surface area contributed by atoms with Crippen molar-refractivity contribution in [3.8, 4) is 0 Å². The summed E-state index contributed by atoms with van der Waals surface area (Å²) in [5, 5.41) is 33.0. The van der Waals surface area contributed by atoms with Crippen molar-refractivity contribution >= 4 is 39.3 Å². The van der Waals surface area contributed by atoms with Crippen LogP contribution >= 0.6 is 0 Å². The smallest absolute Gasteiger partial charge is 0.303 e. The summed E-state index contributed by atoms with van der Waals surface area (Å²) in [5.74, 6) is -3.45. The lowest BCUT2D eigenvalue weighted by Crippen LogP contribution is -2.53. The van der Waals surface area contributed by atoms with E-state index in [0.29, 0.717) is 24.0 Å². The molecule has 2 amide bonds. The van der Waals surface area contributed by atoms with Crippen molar-refractivity contribution in [1.29, 1.82) is 5.41 Å². The number of rotatable bonds is 18. The molecule has 0 aliphatic rings. The number of hydrogen-bond acceptors (Lipinski definition) is 8. The normalized spacial score (nSPS) is 12.4. The minimum absolute atomic E-state index is 0.0345. The first kappa shape index (κ1) is 35.3. The molecule has 0 aromatic heterocycles. The van der Waals surface area contributed by atoms with Crippen LogP contribution in [0.4, 0.5) is 5.69 Å². The number of carbonyl (C=O) groups excluding carboxylic acids is 2. The van der Waals surface area contributed by atoms with Crippen molar-refractivity contribution in [1.82, 2.24) is 15.4 Å². The van der Waals surface area contributed by atoms with Gasteiger partial charge < -0.3 is 21.5 Å². The van der Waals surface area contributed by atoms with E-state index in [1.165, 1.54) is 18.2 Å². The van der Waals surface area contributed by atoms with Gasteiger partial charge in [-0.3, -0.25) is 29.9 Å². The lowest BCUT2D eigenvalue weighted by Gasteiger charge is -2.23. The third-order valence-corrected chi connectivity index (χ3v) is 8.29. The first-order valence-corrected chi connectivity index (χ1v) is 16.0. The minimum Gasteiger partial charge on any atom is -0.481 e. The Balaban J connectivity index is 1.76. The van der Waals surface area contributed by atoms with Gasteiger partial charge in [0.1, 0.15) is 17.9 Å². The monoisotopic (exact) mass is 652 g/mol. The minimum atomic E-state index is -4.21. The number of carboxylic acid groups (broad SMARTS) is 1. The average Bonchev–Trinajstić information content (AvgIpc) is 3.01. The number of benzene rings is 3. The maximum atomic E-state index is 13.5. The second-order valence-corrected chi connectivity index (χ2v) is 12.3. The highest BCUT2D eigenvalue weighted by Crippen LogP contribution is 2.16. The Morgan fingerprint density at radius 2 is 1.57 bits per heavy atom. The molecule has 0 fully saturated rings. The molecular weight excluding hydrogens is 616 g/mol. The van der Waals surface area contributed by atoms with Crippen molar-refractivity contribution in [3.63, 3.8) is 0 Å². The Bertz CT molecular complexity index is 1650. The second kappa shape index (κ2) is 16.8. The molecule has 0 aliphatic heterocycles. The number of carbonyl (C=O) groups is 3. The van der Waals surface area contributed by atoms with Gasteiger partial charge in [-0.1, -0.05) is 66.7 Å². The molecule has 0 unspecified atom stereocenters. The van der Waals surface area contributed by atoms with Crippen LogP contribution in [0.3, 0.4) is 0 Å². The topological polar surface area (TPSA) is 235 Å². The molecule has 244 valence electrons. The van der Waals surface area contributed by atoms with E-state index in [-0.39, 0.29) is 36.5 Å². The largest absolute Gasteiger partial charge is 0.481 e. The number of nitro benzene ring substituents is 1. The molecule has 0 spiro atoms. The van der Waals surface area contributed by atoms with Gasteiger partial charge in [-0.2, -0.15) is 0 Å². The first-order chi connectivity index (χ1) is 21.8. The van der Waals surface area contributed by atoms with Gasteiger partial charge in [-0.05, 0) is 42.4 Å². The molecule has 3 aromatic rings. The number of nitrogens with zero attached hydrogens (tertiary/aromatic N) is 1. The zero-order chi connectivity index (χ0) is 33.7. The predicted molar refractivity (Wildman–Crippen MR) is 170 cm³/mol. The molecule has 0 radical (unpaired) electrons. The molecule has 0 saturated heterocycles. The molecule has 14 nitrogen and oxygen atoms in total. The molecule has 0 saturated carbocycles. The van der Waals surface area contributed by atoms with Gasteiger partial charge in [0.2, 0.25) is 21.8 Å². The number of nitrogens with two attached hydrogens (primary N) is 1. The van der Waals surface area contributed by atoms with Gasteiger partial charge in [0, 0.05) is 30.7 Å². The molecule has 0 heterocycles. The van der Waals surface area contributed by atoms with E-state index in [1.54, 1.807) is 24.3 Å². The van der Waals surface area contributed by atoms with Crippen LogP contribution in [0.5, 0.6) is 0 Å². The van der Waals surface area contributed by atoms with Crippen LogP contribution in [0.1, 0.15) is 47.9 Å². The second-order valence-electron chi connectivity index (χ2n) is 10.6. The summed E-state index contributed by atoms with van der Waals surface area (Å²) < 4.78 is 28.7. The number of nitrogen functional groups attached to an aromatic ring is 1. The number of nitro groups is 1. The van der Waals surface area contributed by atoms with E-state index in [4.69, 9.17) is 11.1 Å². The third-order valence-electron chi connectivity index (χ3n) is 6.93. The molecule has 3 rings (SSSR count).